The first-order valence-corrected chi connectivity index (χ1v) is 8.22. The smallest absolute Gasteiger partial charge is 0.161 e. The lowest BCUT2D eigenvalue weighted by Gasteiger charge is -2.25. The highest BCUT2D eigenvalue weighted by Gasteiger charge is 2.19. The first kappa shape index (κ1) is 16.6. The number of ether oxygens (including phenoxy) is 2. The van der Waals surface area contributed by atoms with Gasteiger partial charge in [0.15, 0.2) is 11.5 Å². The molecule has 1 aromatic rings. The Balaban J connectivity index is 1.88. The van der Waals surface area contributed by atoms with Crippen LogP contribution in [0, 0.1) is 5.92 Å². The molecule has 0 bridgehead atoms. The topological polar surface area (TPSA) is 50.7 Å². The van der Waals surface area contributed by atoms with Crippen LogP contribution in [0.4, 0.5) is 0 Å². The van der Waals surface area contributed by atoms with Gasteiger partial charge < -0.3 is 19.9 Å². The minimum absolute atomic E-state index is 0.0822. The highest BCUT2D eigenvalue weighted by atomic mass is 79.9. The standard InChI is InChI=1S/C16H24BrNO3/c1-20-15-7-12(14(17)8-16(15)21-2)10-18-9-11-3-5-13(19)6-4-11/h7-8,11,13,18-19H,3-6,9-10H2,1-2H3. The van der Waals surface area contributed by atoms with Crippen LogP contribution in [-0.2, 0) is 6.54 Å². The van der Waals surface area contributed by atoms with E-state index in [4.69, 9.17) is 9.47 Å². The van der Waals surface area contributed by atoms with Crippen molar-refractivity contribution in [2.24, 2.45) is 5.92 Å². The molecule has 1 fully saturated rings. The van der Waals surface area contributed by atoms with Crippen LogP contribution in [0.3, 0.4) is 0 Å². The van der Waals surface area contributed by atoms with Crippen LogP contribution < -0.4 is 14.8 Å². The van der Waals surface area contributed by atoms with E-state index in [9.17, 15) is 5.11 Å². The summed E-state index contributed by atoms with van der Waals surface area (Å²) in [5, 5.41) is 13.0. The number of rotatable bonds is 6. The Morgan fingerprint density at radius 1 is 1.14 bits per heavy atom. The fraction of sp³-hybridized carbons (Fsp3) is 0.625. The quantitative estimate of drug-likeness (QED) is 0.821. The highest BCUT2D eigenvalue weighted by molar-refractivity contribution is 9.10. The number of hydrogen-bond acceptors (Lipinski definition) is 4. The van der Waals surface area contributed by atoms with Crippen LogP contribution >= 0.6 is 15.9 Å². The van der Waals surface area contributed by atoms with Crippen molar-refractivity contribution in [2.75, 3.05) is 20.8 Å². The Labute approximate surface area is 135 Å². The molecule has 0 heterocycles. The third kappa shape index (κ3) is 4.59. The van der Waals surface area contributed by atoms with Crippen molar-refractivity contribution < 1.29 is 14.6 Å². The van der Waals surface area contributed by atoms with Gasteiger partial charge in [-0.1, -0.05) is 15.9 Å². The summed E-state index contributed by atoms with van der Waals surface area (Å²) in [7, 11) is 3.29. The van der Waals surface area contributed by atoms with Gasteiger partial charge in [0.2, 0.25) is 0 Å². The van der Waals surface area contributed by atoms with E-state index in [1.165, 1.54) is 0 Å². The number of benzene rings is 1. The number of halogens is 1. The Morgan fingerprint density at radius 3 is 2.38 bits per heavy atom. The van der Waals surface area contributed by atoms with Crippen LogP contribution in [0.25, 0.3) is 0 Å². The summed E-state index contributed by atoms with van der Waals surface area (Å²) in [6.07, 6.45) is 4.02. The second-order valence-corrected chi connectivity index (χ2v) is 6.46. The maximum absolute atomic E-state index is 9.52. The van der Waals surface area contributed by atoms with Gasteiger partial charge in [0.25, 0.3) is 0 Å². The molecule has 118 valence electrons. The molecule has 1 aliphatic rings. The summed E-state index contributed by atoms with van der Waals surface area (Å²) < 4.78 is 11.6. The van der Waals surface area contributed by atoms with Crippen molar-refractivity contribution in [1.82, 2.24) is 5.32 Å². The number of methoxy groups -OCH3 is 2. The summed E-state index contributed by atoms with van der Waals surface area (Å²) in [5.74, 6) is 2.15. The van der Waals surface area contributed by atoms with Crippen molar-refractivity contribution in [2.45, 2.75) is 38.3 Å². The SMILES string of the molecule is COc1cc(Br)c(CNCC2CCC(O)CC2)cc1OC. The van der Waals surface area contributed by atoms with Crippen LogP contribution in [0.15, 0.2) is 16.6 Å². The second kappa shape index (κ2) is 8.01. The molecule has 0 unspecified atom stereocenters. The van der Waals surface area contributed by atoms with E-state index >= 15 is 0 Å². The van der Waals surface area contributed by atoms with E-state index in [1.807, 2.05) is 12.1 Å². The number of aliphatic hydroxyl groups is 1. The van der Waals surface area contributed by atoms with E-state index < -0.39 is 0 Å². The van der Waals surface area contributed by atoms with Gasteiger partial charge in [-0.2, -0.15) is 0 Å². The van der Waals surface area contributed by atoms with Crippen molar-refractivity contribution in [1.29, 1.82) is 0 Å². The van der Waals surface area contributed by atoms with Gasteiger partial charge in [0.1, 0.15) is 0 Å². The largest absolute Gasteiger partial charge is 0.493 e. The molecular formula is C16H24BrNO3. The predicted octanol–water partition coefficient (Wildman–Crippen LogP) is 3.11. The monoisotopic (exact) mass is 357 g/mol. The molecule has 21 heavy (non-hydrogen) atoms. The molecule has 0 aliphatic heterocycles. The van der Waals surface area contributed by atoms with Crippen LogP contribution in [-0.4, -0.2) is 32.0 Å². The van der Waals surface area contributed by atoms with E-state index in [0.29, 0.717) is 5.92 Å². The molecule has 5 heteroatoms. The summed E-state index contributed by atoms with van der Waals surface area (Å²) in [6, 6.07) is 3.94. The zero-order chi connectivity index (χ0) is 15.2. The third-order valence-electron chi connectivity index (χ3n) is 4.12. The molecule has 1 saturated carbocycles. The van der Waals surface area contributed by atoms with Gasteiger partial charge in [0.05, 0.1) is 20.3 Å². The van der Waals surface area contributed by atoms with Crippen molar-refractivity contribution in [3.05, 3.63) is 22.2 Å². The van der Waals surface area contributed by atoms with E-state index in [-0.39, 0.29) is 6.10 Å². The van der Waals surface area contributed by atoms with Crippen LogP contribution in [0.5, 0.6) is 11.5 Å². The molecule has 4 nitrogen and oxygen atoms in total. The number of nitrogens with one attached hydrogen (secondary N) is 1. The average molecular weight is 358 g/mol. The van der Waals surface area contributed by atoms with E-state index in [0.717, 1.165) is 60.3 Å². The maximum Gasteiger partial charge on any atom is 0.161 e. The normalized spacial score (nSPS) is 22.1. The van der Waals surface area contributed by atoms with Crippen LogP contribution in [0.1, 0.15) is 31.2 Å². The average Bonchev–Trinajstić information content (AvgIpc) is 2.50. The Hall–Kier alpha value is -0.780. The molecule has 0 saturated heterocycles. The number of aliphatic hydroxyl groups excluding tert-OH is 1. The summed E-state index contributed by atoms with van der Waals surface area (Å²) in [4.78, 5) is 0. The minimum atomic E-state index is -0.0822. The first-order chi connectivity index (χ1) is 10.1. The maximum atomic E-state index is 9.52. The molecule has 1 aromatic carbocycles. The predicted molar refractivity (Wildman–Crippen MR) is 86.9 cm³/mol. The lowest BCUT2D eigenvalue weighted by Crippen LogP contribution is -2.27. The lowest BCUT2D eigenvalue weighted by atomic mass is 9.87. The molecule has 0 amide bonds. The van der Waals surface area contributed by atoms with Gasteiger partial charge in [-0.05, 0) is 55.8 Å². The molecule has 1 aliphatic carbocycles. The Bertz CT molecular complexity index is 459. The summed E-state index contributed by atoms with van der Waals surface area (Å²) >= 11 is 3.58. The number of hydrogen-bond donors (Lipinski definition) is 2. The van der Waals surface area contributed by atoms with Crippen molar-refractivity contribution in [3.63, 3.8) is 0 Å². The minimum Gasteiger partial charge on any atom is -0.493 e. The molecular weight excluding hydrogens is 334 g/mol. The van der Waals surface area contributed by atoms with Crippen molar-refractivity contribution >= 4 is 15.9 Å². The third-order valence-corrected chi connectivity index (χ3v) is 4.86. The van der Waals surface area contributed by atoms with Gasteiger partial charge in [0, 0.05) is 11.0 Å². The fourth-order valence-corrected chi connectivity index (χ4v) is 3.25. The molecule has 0 atom stereocenters. The molecule has 0 radical (unpaired) electrons. The summed E-state index contributed by atoms with van der Waals surface area (Å²) in [6.45, 7) is 1.79. The van der Waals surface area contributed by atoms with Gasteiger partial charge >= 0.3 is 0 Å². The van der Waals surface area contributed by atoms with Crippen molar-refractivity contribution in [3.8, 4) is 11.5 Å². The lowest BCUT2D eigenvalue weighted by molar-refractivity contribution is 0.108. The zero-order valence-electron chi connectivity index (χ0n) is 12.7. The first-order valence-electron chi connectivity index (χ1n) is 7.43. The highest BCUT2D eigenvalue weighted by Crippen LogP contribution is 2.33. The molecule has 2 rings (SSSR count). The summed E-state index contributed by atoms with van der Waals surface area (Å²) in [5.41, 5.74) is 1.16. The zero-order valence-corrected chi connectivity index (χ0v) is 14.3. The fourth-order valence-electron chi connectivity index (χ4n) is 2.79. The Morgan fingerprint density at radius 2 is 1.76 bits per heavy atom. The van der Waals surface area contributed by atoms with Gasteiger partial charge in [-0.3, -0.25) is 0 Å². The second-order valence-electron chi connectivity index (χ2n) is 5.60. The molecule has 2 N–H and O–H groups in total. The van der Waals surface area contributed by atoms with Gasteiger partial charge in [-0.15, -0.1) is 0 Å². The van der Waals surface area contributed by atoms with E-state index in [2.05, 4.69) is 21.2 Å². The molecule has 0 spiro atoms. The Kier molecular flexibility index (Phi) is 6.33. The van der Waals surface area contributed by atoms with E-state index in [1.54, 1.807) is 14.2 Å². The molecule has 0 aromatic heterocycles. The van der Waals surface area contributed by atoms with Crippen LogP contribution in [0.2, 0.25) is 0 Å². The van der Waals surface area contributed by atoms with Gasteiger partial charge in [-0.25, -0.2) is 0 Å².